The molecule has 160 valence electrons. The Morgan fingerprint density at radius 1 is 0.656 bits per heavy atom. The second-order valence-corrected chi connectivity index (χ2v) is 8.72. The van der Waals surface area contributed by atoms with Gasteiger partial charge in [0.1, 0.15) is 5.82 Å². The third kappa shape index (κ3) is 5.01. The Hall–Kier alpha value is -3.97. The van der Waals surface area contributed by atoms with Gasteiger partial charge >= 0.3 is 0 Å². The maximum Gasteiger partial charge on any atom is 0.261 e. The van der Waals surface area contributed by atoms with Crippen molar-refractivity contribution in [3.05, 3.63) is 115 Å². The largest absolute Gasteiger partial charge is 0.322 e. The summed E-state index contributed by atoms with van der Waals surface area (Å²) in [5.41, 5.74) is 3.04. The van der Waals surface area contributed by atoms with Crippen LogP contribution >= 0.6 is 0 Å². The molecule has 0 aliphatic carbocycles. The highest BCUT2D eigenvalue weighted by Crippen LogP contribution is 2.23. The fourth-order valence-electron chi connectivity index (χ4n) is 3.10. The van der Waals surface area contributed by atoms with Gasteiger partial charge in [0.15, 0.2) is 0 Å². The molecule has 32 heavy (non-hydrogen) atoms. The second-order valence-electron chi connectivity index (χ2n) is 7.03. The van der Waals surface area contributed by atoms with Crippen molar-refractivity contribution in [3.8, 4) is 11.1 Å². The van der Waals surface area contributed by atoms with Crippen LogP contribution < -0.4 is 10.0 Å². The molecule has 1 amide bonds. The number of hydrogen-bond donors (Lipinski definition) is 2. The van der Waals surface area contributed by atoms with Crippen molar-refractivity contribution in [2.75, 3.05) is 10.0 Å². The summed E-state index contributed by atoms with van der Waals surface area (Å²) in [6.07, 6.45) is 0. The molecular weight excluding hydrogens is 427 g/mol. The van der Waals surface area contributed by atoms with Crippen LogP contribution in [0.4, 0.5) is 15.8 Å². The van der Waals surface area contributed by atoms with Gasteiger partial charge in [0.25, 0.3) is 15.9 Å². The zero-order valence-electron chi connectivity index (χ0n) is 16.8. The van der Waals surface area contributed by atoms with Crippen LogP contribution in [0.25, 0.3) is 11.1 Å². The van der Waals surface area contributed by atoms with Crippen molar-refractivity contribution in [2.45, 2.75) is 4.90 Å². The monoisotopic (exact) mass is 446 g/mol. The number of nitrogens with one attached hydrogen (secondary N) is 2. The van der Waals surface area contributed by atoms with Gasteiger partial charge in [0, 0.05) is 16.9 Å². The zero-order valence-corrected chi connectivity index (χ0v) is 17.6. The summed E-state index contributed by atoms with van der Waals surface area (Å²) in [7, 11) is -3.78. The predicted octanol–water partition coefficient (Wildman–Crippen LogP) is 5.55. The lowest BCUT2D eigenvalue weighted by Gasteiger charge is -2.10. The second kappa shape index (κ2) is 9.03. The molecule has 0 aromatic heterocycles. The highest BCUT2D eigenvalue weighted by atomic mass is 32.2. The number of amides is 1. The minimum absolute atomic E-state index is 0.135. The van der Waals surface area contributed by atoms with Gasteiger partial charge in [-0.05, 0) is 71.8 Å². The van der Waals surface area contributed by atoms with Crippen LogP contribution in [0.5, 0.6) is 0 Å². The molecule has 4 rings (SSSR count). The normalized spacial score (nSPS) is 11.0. The fraction of sp³-hybridized carbons (Fsp3) is 0. The average Bonchev–Trinajstić information content (AvgIpc) is 2.81. The molecule has 0 heterocycles. The number of anilines is 2. The Morgan fingerprint density at radius 2 is 1.22 bits per heavy atom. The molecule has 0 aliphatic rings. The Morgan fingerprint density at radius 3 is 1.84 bits per heavy atom. The maximum atomic E-state index is 13.0. The van der Waals surface area contributed by atoms with Crippen LogP contribution in [0.2, 0.25) is 0 Å². The smallest absolute Gasteiger partial charge is 0.261 e. The van der Waals surface area contributed by atoms with Crippen molar-refractivity contribution in [1.82, 2.24) is 0 Å². The van der Waals surface area contributed by atoms with E-state index in [4.69, 9.17) is 0 Å². The molecule has 5 nitrogen and oxygen atoms in total. The Balaban J connectivity index is 1.44. The Bertz CT molecular complexity index is 1320. The summed E-state index contributed by atoms with van der Waals surface area (Å²) in [6, 6.07) is 27.7. The molecule has 0 atom stereocenters. The third-order valence-corrected chi connectivity index (χ3v) is 6.17. The first-order valence-corrected chi connectivity index (χ1v) is 11.2. The number of benzene rings is 4. The molecule has 0 aliphatic heterocycles. The Labute approximate surface area is 185 Å². The molecule has 4 aromatic carbocycles. The first-order valence-electron chi connectivity index (χ1n) is 9.76. The number of carbonyl (C=O) groups is 1. The van der Waals surface area contributed by atoms with Crippen LogP contribution in [0, 0.1) is 5.82 Å². The average molecular weight is 447 g/mol. The van der Waals surface area contributed by atoms with Crippen LogP contribution in [0.1, 0.15) is 10.4 Å². The van der Waals surface area contributed by atoms with Crippen LogP contribution in [-0.2, 0) is 10.0 Å². The van der Waals surface area contributed by atoms with E-state index in [0.29, 0.717) is 16.9 Å². The lowest BCUT2D eigenvalue weighted by Crippen LogP contribution is -2.14. The molecule has 0 radical (unpaired) electrons. The molecule has 2 N–H and O–H groups in total. The molecule has 4 aromatic rings. The maximum absolute atomic E-state index is 13.0. The van der Waals surface area contributed by atoms with Gasteiger partial charge in [-0.15, -0.1) is 0 Å². The summed E-state index contributed by atoms with van der Waals surface area (Å²) < 4.78 is 40.9. The Kier molecular flexibility index (Phi) is 6.00. The third-order valence-electron chi connectivity index (χ3n) is 4.77. The molecule has 7 heteroatoms. The molecular formula is C25H19FN2O3S. The number of sulfonamides is 1. The van der Waals surface area contributed by atoms with Crippen molar-refractivity contribution in [2.24, 2.45) is 0 Å². The van der Waals surface area contributed by atoms with E-state index in [1.54, 1.807) is 24.3 Å². The van der Waals surface area contributed by atoms with Crippen LogP contribution in [0.15, 0.2) is 108 Å². The summed E-state index contributed by atoms with van der Waals surface area (Å²) in [5.74, 6) is -0.781. The zero-order chi connectivity index (χ0) is 22.6. The molecule has 0 bridgehead atoms. The van der Waals surface area contributed by atoms with Gasteiger partial charge in [0.2, 0.25) is 0 Å². The summed E-state index contributed by atoms with van der Waals surface area (Å²) in [5, 5.41) is 2.65. The fourth-order valence-corrected chi connectivity index (χ4v) is 4.16. The van der Waals surface area contributed by atoms with Crippen molar-refractivity contribution in [1.29, 1.82) is 0 Å². The van der Waals surface area contributed by atoms with E-state index in [1.807, 2.05) is 30.3 Å². The number of rotatable bonds is 6. The SMILES string of the molecule is O=C(Nc1ccc(F)cc1)c1ccc(NS(=O)(=O)c2ccc(-c3ccccc3)cc2)cc1. The first-order chi connectivity index (χ1) is 15.4. The first kappa shape index (κ1) is 21.3. The standard InChI is InChI=1S/C25H19FN2O3S/c26-21-10-14-22(15-11-21)27-25(29)20-6-12-23(13-7-20)28-32(30,31)24-16-8-19(9-17-24)18-4-2-1-3-5-18/h1-17,28H,(H,27,29). The van der Waals surface area contributed by atoms with E-state index < -0.39 is 15.8 Å². The van der Waals surface area contributed by atoms with E-state index in [9.17, 15) is 17.6 Å². The summed E-state index contributed by atoms with van der Waals surface area (Å²) in [6.45, 7) is 0. The summed E-state index contributed by atoms with van der Waals surface area (Å²) in [4.78, 5) is 12.5. The lowest BCUT2D eigenvalue weighted by molar-refractivity contribution is 0.102. The minimum Gasteiger partial charge on any atom is -0.322 e. The summed E-state index contributed by atoms with van der Waals surface area (Å²) >= 11 is 0. The van der Waals surface area contributed by atoms with E-state index in [1.165, 1.54) is 48.5 Å². The number of halogens is 1. The van der Waals surface area contributed by atoms with Gasteiger partial charge in [-0.25, -0.2) is 12.8 Å². The van der Waals surface area contributed by atoms with E-state index >= 15 is 0 Å². The van der Waals surface area contributed by atoms with Gasteiger partial charge in [-0.2, -0.15) is 0 Å². The van der Waals surface area contributed by atoms with E-state index in [2.05, 4.69) is 10.0 Å². The molecule has 0 saturated carbocycles. The van der Waals surface area contributed by atoms with Crippen LogP contribution in [-0.4, -0.2) is 14.3 Å². The molecule has 0 spiro atoms. The molecule has 0 unspecified atom stereocenters. The van der Waals surface area contributed by atoms with Gasteiger partial charge < -0.3 is 5.32 Å². The van der Waals surface area contributed by atoms with Crippen molar-refractivity contribution >= 4 is 27.3 Å². The number of carbonyl (C=O) groups excluding carboxylic acids is 1. The molecule has 0 fully saturated rings. The number of hydrogen-bond acceptors (Lipinski definition) is 3. The highest BCUT2D eigenvalue weighted by molar-refractivity contribution is 7.92. The minimum atomic E-state index is -3.78. The lowest BCUT2D eigenvalue weighted by atomic mass is 10.1. The quantitative estimate of drug-likeness (QED) is 0.408. The van der Waals surface area contributed by atoms with Crippen LogP contribution in [0.3, 0.4) is 0 Å². The van der Waals surface area contributed by atoms with E-state index in [-0.39, 0.29) is 10.8 Å². The van der Waals surface area contributed by atoms with Gasteiger partial charge in [-0.3, -0.25) is 9.52 Å². The van der Waals surface area contributed by atoms with Gasteiger partial charge in [0.05, 0.1) is 4.90 Å². The topological polar surface area (TPSA) is 75.3 Å². The predicted molar refractivity (Wildman–Crippen MR) is 123 cm³/mol. The highest BCUT2D eigenvalue weighted by Gasteiger charge is 2.15. The van der Waals surface area contributed by atoms with Gasteiger partial charge in [-0.1, -0.05) is 42.5 Å². The van der Waals surface area contributed by atoms with Crippen molar-refractivity contribution in [3.63, 3.8) is 0 Å². The van der Waals surface area contributed by atoms with E-state index in [0.717, 1.165) is 11.1 Å². The van der Waals surface area contributed by atoms with Crippen molar-refractivity contribution < 1.29 is 17.6 Å². The molecule has 0 saturated heterocycles.